The molecule has 0 saturated carbocycles. The Labute approximate surface area is 171 Å². The van der Waals surface area contributed by atoms with Crippen molar-refractivity contribution in [2.75, 3.05) is 19.0 Å². The standard InChI is InChI=1S/C22H28N2O5/c1-22(2,3)29-20(26)14-23-12-15-5-7-16(8-6-15)13-24-17-9-10-18(19(25)11-17)21(27)28-4/h5-11,23-25H,12-14H2,1-4H3. The second kappa shape index (κ2) is 9.93. The van der Waals surface area contributed by atoms with Gasteiger partial charge in [-0.2, -0.15) is 0 Å². The third-order valence-corrected chi connectivity index (χ3v) is 3.94. The Morgan fingerprint density at radius 2 is 1.62 bits per heavy atom. The lowest BCUT2D eigenvalue weighted by molar-refractivity contribution is -0.153. The first-order valence-electron chi connectivity index (χ1n) is 9.33. The number of carbonyl (C=O) groups is 2. The number of rotatable bonds is 8. The minimum atomic E-state index is -0.579. The highest BCUT2D eigenvalue weighted by molar-refractivity contribution is 5.92. The van der Waals surface area contributed by atoms with Crippen LogP contribution >= 0.6 is 0 Å². The van der Waals surface area contributed by atoms with Crippen molar-refractivity contribution < 1.29 is 24.2 Å². The maximum Gasteiger partial charge on any atom is 0.341 e. The summed E-state index contributed by atoms with van der Waals surface area (Å²) in [6, 6.07) is 12.7. The van der Waals surface area contributed by atoms with Gasteiger partial charge >= 0.3 is 11.9 Å². The third-order valence-electron chi connectivity index (χ3n) is 3.94. The zero-order valence-corrected chi connectivity index (χ0v) is 17.2. The van der Waals surface area contributed by atoms with Crippen molar-refractivity contribution in [1.29, 1.82) is 0 Å². The molecule has 0 aliphatic rings. The molecule has 0 aliphatic heterocycles. The smallest absolute Gasteiger partial charge is 0.341 e. The van der Waals surface area contributed by atoms with Crippen LogP contribution in [0.15, 0.2) is 42.5 Å². The summed E-state index contributed by atoms with van der Waals surface area (Å²) >= 11 is 0. The molecule has 3 N–H and O–H groups in total. The Hall–Kier alpha value is -3.06. The normalized spacial score (nSPS) is 11.0. The van der Waals surface area contributed by atoms with E-state index in [0.717, 1.165) is 11.1 Å². The second-order valence-corrected chi connectivity index (χ2v) is 7.58. The summed E-state index contributed by atoms with van der Waals surface area (Å²) in [5.41, 5.74) is 2.44. The van der Waals surface area contributed by atoms with Gasteiger partial charge in [0.25, 0.3) is 0 Å². The van der Waals surface area contributed by atoms with Crippen LogP contribution in [0.4, 0.5) is 5.69 Å². The van der Waals surface area contributed by atoms with Gasteiger partial charge in [0, 0.05) is 24.8 Å². The Balaban J connectivity index is 1.81. The van der Waals surface area contributed by atoms with Gasteiger partial charge in [0.1, 0.15) is 16.9 Å². The number of esters is 2. The fourth-order valence-corrected chi connectivity index (χ4v) is 2.59. The molecule has 29 heavy (non-hydrogen) atoms. The molecule has 7 nitrogen and oxygen atoms in total. The number of nitrogens with one attached hydrogen (secondary N) is 2. The summed E-state index contributed by atoms with van der Waals surface area (Å²) < 4.78 is 9.86. The van der Waals surface area contributed by atoms with E-state index >= 15 is 0 Å². The third kappa shape index (κ3) is 7.46. The highest BCUT2D eigenvalue weighted by Crippen LogP contribution is 2.23. The number of carbonyl (C=O) groups excluding carboxylic acids is 2. The molecule has 2 aromatic rings. The number of ether oxygens (including phenoxy) is 2. The van der Waals surface area contributed by atoms with Gasteiger partial charge in [0.15, 0.2) is 0 Å². The second-order valence-electron chi connectivity index (χ2n) is 7.58. The van der Waals surface area contributed by atoms with E-state index in [2.05, 4.69) is 15.4 Å². The molecule has 0 atom stereocenters. The van der Waals surface area contributed by atoms with E-state index < -0.39 is 11.6 Å². The van der Waals surface area contributed by atoms with Crippen molar-refractivity contribution in [2.24, 2.45) is 0 Å². The molecule has 2 aromatic carbocycles. The predicted molar refractivity (Wildman–Crippen MR) is 111 cm³/mol. The van der Waals surface area contributed by atoms with Gasteiger partial charge in [-0.05, 0) is 44.0 Å². The average molecular weight is 400 g/mol. The maximum atomic E-state index is 11.7. The minimum Gasteiger partial charge on any atom is -0.507 e. The van der Waals surface area contributed by atoms with Crippen molar-refractivity contribution in [3.63, 3.8) is 0 Å². The van der Waals surface area contributed by atoms with Crippen LogP contribution in [-0.2, 0) is 27.4 Å². The van der Waals surface area contributed by atoms with Crippen LogP contribution in [0.3, 0.4) is 0 Å². The number of phenolic OH excluding ortho intramolecular Hbond substituents is 1. The highest BCUT2D eigenvalue weighted by atomic mass is 16.6. The zero-order valence-electron chi connectivity index (χ0n) is 17.2. The molecular weight excluding hydrogens is 372 g/mol. The highest BCUT2D eigenvalue weighted by Gasteiger charge is 2.15. The number of hydrogen-bond acceptors (Lipinski definition) is 7. The SMILES string of the molecule is COC(=O)c1ccc(NCc2ccc(CNCC(=O)OC(C)(C)C)cc2)cc1O. The summed E-state index contributed by atoms with van der Waals surface area (Å²) in [6.45, 7) is 6.80. The summed E-state index contributed by atoms with van der Waals surface area (Å²) in [6.07, 6.45) is 0. The van der Waals surface area contributed by atoms with Gasteiger partial charge in [-0.25, -0.2) is 4.79 Å². The van der Waals surface area contributed by atoms with Gasteiger partial charge in [0.05, 0.1) is 13.7 Å². The van der Waals surface area contributed by atoms with E-state index in [0.29, 0.717) is 18.8 Å². The molecule has 2 rings (SSSR count). The van der Waals surface area contributed by atoms with E-state index in [-0.39, 0.29) is 23.8 Å². The first kappa shape index (κ1) is 22.2. The summed E-state index contributed by atoms with van der Waals surface area (Å²) in [5, 5.41) is 16.2. The predicted octanol–water partition coefficient (Wildman–Crippen LogP) is 3.22. The summed E-state index contributed by atoms with van der Waals surface area (Å²) in [7, 11) is 1.27. The van der Waals surface area contributed by atoms with Gasteiger partial charge < -0.3 is 25.2 Å². The number of aromatic hydroxyl groups is 1. The lowest BCUT2D eigenvalue weighted by Crippen LogP contribution is -2.31. The largest absolute Gasteiger partial charge is 0.507 e. The lowest BCUT2D eigenvalue weighted by atomic mass is 10.1. The van der Waals surface area contributed by atoms with Crippen molar-refractivity contribution in [2.45, 2.75) is 39.5 Å². The molecule has 0 saturated heterocycles. The molecular formula is C22H28N2O5. The van der Waals surface area contributed by atoms with E-state index in [1.807, 2.05) is 45.0 Å². The minimum absolute atomic E-state index is 0.126. The first-order chi connectivity index (χ1) is 13.7. The molecule has 0 fully saturated rings. The van der Waals surface area contributed by atoms with Crippen LogP contribution in [0.2, 0.25) is 0 Å². The molecule has 0 aliphatic carbocycles. The van der Waals surface area contributed by atoms with Crippen molar-refractivity contribution >= 4 is 17.6 Å². The van der Waals surface area contributed by atoms with Crippen LogP contribution in [0.25, 0.3) is 0 Å². The van der Waals surface area contributed by atoms with Gasteiger partial charge in [-0.15, -0.1) is 0 Å². The van der Waals surface area contributed by atoms with Crippen LogP contribution < -0.4 is 10.6 Å². The van der Waals surface area contributed by atoms with Crippen LogP contribution in [0, 0.1) is 0 Å². The monoisotopic (exact) mass is 400 g/mol. The fourth-order valence-electron chi connectivity index (χ4n) is 2.59. The molecule has 0 heterocycles. The van der Waals surface area contributed by atoms with Gasteiger partial charge in [-0.1, -0.05) is 24.3 Å². The number of hydrogen-bond donors (Lipinski definition) is 3. The maximum absolute atomic E-state index is 11.7. The zero-order chi connectivity index (χ0) is 21.4. The molecule has 156 valence electrons. The molecule has 0 amide bonds. The van der Waals surface area contributed by atoms with Crippen molar-refractivity contribution in [3.05, 3.63) is 59.2 Å². The lowest BCUT2D eigenvalue weighted by Gasteiger charge is -2.19. The number of phenols is 1. The molecule has 7 heteroatoms. The fraction of sp³-hybridized carbons (Fsp3) is 0.364. The first-order valence-corrected chi connectivity index (χ1v) is 9.33. The quantitative estimate of drug-likeness (QED) is 0.586. The van der Waals surface area contributed by atoms with E-state index in [1.165, 1.54) is 19.2 Å². The summed E-state index contributed by atoms with van der Waals surface area (Å²) in [4.78, 5) is 23.2. The average Bonchev–Trinajstić information content (AvgIpc) is 2.65. The molecule has 0 unspecified atom stereocenters. The summed E-state index contributed by atoms with van der Waals surface area (Å²) in [5.74, 6) is -0.988. The molecule has 0 radical (unpaired) electrons. The van der Waals surface area contributed by atoms with Gasteiger partial charge in [0.2, 0.25) is 0 Å². The van der Waals surface area contributed by atoms with E-state index in [9.17, 15) is 14.7 Å². The number of methoxy groups -OCH3 is 1. The Morgan fingerprint density at radius 3 is 2.17 bits per heavy atom. The molecule has 0 aromatic heterocycles. The Bertz CT molecular complexity index is 841. The van der Waals surface area contributed by atoms with Crippen LogP contribution in [0.5, 0.6) is 5.75 Å². The molecule has 0 bridgehead atoms. The van der Waals surface area contributed by atoms with Crippen LogP contribution in [-0.4, -0.2) is 36.3 Å². The number of anilines is 1. The van der Waals surface area contributed by atoms with Crippen molar-refractivity contribution in [3.8, 4) is 5.75 Å². The van der Waals surface area contributed by atoms with Crippen molar-refractivity contribution in [1.82, 2.24) is 5.32 Å². The Morgan fingerprint density at radius 1 is 1.00 bits per heavy atom. The Kier molecular flexibility index (Phi) is 7.61. The van der Waals surface area contributed by atoms with Gasteiger partial charge in [-0.3, -0.25) is 4.79 Å². The van der Waals surface area contributed by atoms with Crippen LogP contribution in [0.1, 0.15) is 42.3 Å². The molecule has 0 spiro atoms. The number of benzene rings is 2. The van der Waals surface area contributed by atoms with E-state index in [1.54, 1.807) is 6.07 Å². The topological polar surface area (TPSA) is 96.9 Å². The van der Waals surface area contributed by atoms with E-state index in [4.69, 9.17) is 4.74 Å².